The molecule has 2 aromatic rings. The topological polar surface area (TPSA) is 47.3 Å². The predicted molar refractivity (Wildman–Crippen MR) is 64.1 cm³/mol. The van der Waals surface area contributed by atoms with Crippen LogP contribution in [0.4, 0.5) is 0 Å². The van der Waals surface area contributed by atoms with E-state index in [9.17, 15) is 5.11 Å². The number of ether oxygens (including phenoxy) is 1. The third-order valence-corrected chi connectivity index (χ3v) is 3.15. The van der Waals surface area contributed by atoms with Gasteiger partial charge < -0.3 is 9.84 Å². The first-order chi connectivity index (χ1) is 8.27. The summed E-state index contributed by atoms with van der Waals surface area (Å²) in [6.45, 7) is 0.676. The number of aromatic nitrogens is 2. The third-order valence-electron chi connectivity index (χ3n) is 3.15. The first-order valence-electron chi connectivity index (χ1n) is 5.73. The summed E-state index contributed by atoms with van der Waals surface area (Å²) in [7, 11) is 1.86. The van der Waals surface area contributed by atoms with Gasteiger partial charge in [-0.2, -0.15) is 5.10 Å². The second kappa shape index (κ2) is 3.80. The lowest BCUT2D eigenvalue weighted by atomic mass is 10.0. The number of aromatic hydroxyl groups is 1. The van der Waals surface area contributed by atoms with Crippen molar-refractivity contribution in [1.82, 2.24) is 9.78 Å². The minimum Gasteiger partial charge on any atom is -0.504 e. The summed E-state index contributed by atoms with van der Waals surface area (Å²) in [5.41, 5.74) is 2.74. The molecule has 0 amide bonds. The van der Waals surface area contributed by atoms with Gasteiger partial charge in [-0.1, -0.05) is 6.07 Å². The lowest BCUT2D eigenvalue weighted by molar-refractivity contribution is 0.273. The molecule has 0 atom stereocenters. The highest BCUT2D eigenvalue weighted by Gasteiger charge is 2.19. The zero-order chi connectivity index (χ0) is 11.8. The second-order valence-corrected chi connectivity index (χ2v) is 4.24. The Morgan fingerprint density at radius 1 is 1.35 bits per heavy atom. The maximum Gasteiger partial charge on any atom is 0.167 e. The van der Waals surface area contributed by atoms with E-state index in [-0.39, 0.29) is 5.75 Å². The van der Waals surface area contributed by atoms with Crippen LogP contribution in [0, 0.1) is 0 Å². The zero-order valence-corrected chi connectivity index (χ0v) is 9.68. The SMILES string of the molecule is Cn1nccc1-c1ccc2c(c1O)OCCC2. The number of hydrogen-bond donors (Lipinski definition) is 1. The summed E-state index contributed by atoms with van der Waals surface area (Å²) in [5.74, 6) is 0.862. The number of fused-ring (bicyclic) bond motifs is 1. The lowest BCUT2D eigenvalue weighted by Crippen LogP contribution is -2.08. The molecule has 4 nitrogen and oxygen atoms in total. The van der Waals surface area contributed by atoms with Gasteiger partial charge in [0.25, 0.3) is 0 Å². The molecule has 17 heavy (non-hydrogen) atoms. The largest absolute Gasteiger partial charge is 0.504 e. The van der Waals surface area contributed by atoms with Crippen LogP contribution in [0.25, 0.3) is 11.3 Å². The molecule has 1 aliphatic rings. The fourth-order valence-corrected chi connectivity index (χ4v) is 2.25. The van der Waals surface area contributed by atoms with E-state index in [1.165, 1.54) is 0 Å². The van der Waals surface area contributed by atoms with Gasteiger partial charge in [-0.3, -0.25) is 4.68 Å². The molecular weight excluding hydrogens is 216 g/mol. The van der Waals surface area contributed by atoms with Crippen molar-refractivity contribution in [2.45, 2.75) is 12.8 Å². The molecule has 1 aliphatic heterocycles. The number of nitrogens with zero attached hydrogens (tertiary/aromatic N) is 2. The smallest absolute Gasteiger partial charge is 0.167 e. The zero-order valence-electron chi connectivity index (χ0n) is 9.68. The van der Waals surface area contributed by atoms with Gasteiger partial charge in [0.1, 0.15) is 0 Å². The van der Waals surface area contributed by atoms with Crippen molar-refractivity contribution >= 4 is 0 Å². The van der Waals surface area contributed by atoms with Crippen molar-refractivity contribution < 1.29 is 9.84 Å². The van der Waals surface area contributed by atoms with Gasteiger partial charge in [0.05, 0.1) is 12.3 Å². The molecule has 0 aliphatic carbocycles. The van der Waals surface area contributed by atoms with Crippen LogP contribution < -0.4 is 4.74 Å². The van der Waals surface area contributed by atoms with Crippen molar-refractivity contribution in [1.29, 1.82) is 0 Å². The minimum atomic E-state index is 0.228. The molecule has 2 heterocycles. The van der Waals surface area contributed by atoms with Crippen molar-refractivity contribution in [3.63, 3.8) is 0 Å². The number of aryl methyl sites for hydroxylation is 2. The Morgan fingerprint density at radius 3 is 3.00 bits per heavy atom. The van der Waals surface area contributed by atoms with E-state index in [1.54, 1.807) is 10.9 Å². The summed E-state index contributed by atoms with van der Waals surface area (Å²) in [4.78, 5) is 0. The summed E-state index contributed by atoms with van der Waals surface area (Å²) < 4.78 is 7.29. The van der Waals surface area contributed by atoms with Crippen LogP contribution in [0.5, 0.6) is 11.5 Å². The van der Waals surface area contributed by atoms with Crippen LogP contribution in [0.15, 0.2) is 24.4 Å². The number of rotatable bonds is 1. The molecule has 1 aromatic heterocycles. The predicted octanol–water partition coefficient (Wildman–Crippen LogP) is 2.12. The third kappa shape index (κ3) is 1.56. The van der Waals surface area contributed by atoms with Gasteiger partial charge in [0.2, 0.25) is 0 Å². The van der Waals surface area contributed by atoms with Crippen LogP contribution in [0.3, 0.4) is 0 Å². The standard InChI is InChI=1S/C13H14N2O2/c1-15-11(6-7-14-15)10-5-4-9-3-2-8-17-13(9)12(10)16/h4-7,16H,2-3,8H2,1H3. The van der Waals surface area contributed by atoms with Gasteiger partial charge in [-0.15, -0.1) is 0 Å². The summed E-state index contributed by atoms with van der Waals surface area (Å²) in [5, 5.41) is 14.4. The Hall–Kier alpha value is -1.97. The van der Waals surface area contributed by atoms with Gasteiger partial charge in [0, 0.05) is 18.8 Å². The van der Waals surface area contributed by atoms with E-state index in [2.05, 4.69) is 5.10 Å². The number of phenolic OH excluding ortho intramolecular Hbond substituents is 1. The number of benzene rings is 1. The summed E-state index contributed by atoms with van der Waals surface area (Å²) in [6, 6.07) is 5.83. The Labute approximate surface area is 99.5 Å². The van der Waals surface area contributed by atoms with Crippen LogP contribution in [-0.4, -0.2) is 21.5 Å². The fraction of sp³-hybridized carbons (Fsp3) is 0.308. The molecule has 0 spiro atoms. The average molecular weight is 230 g/mol. The van der Waals surface area contributed by atoms with Gasteiger partial charge >= 0.3 is 0 Å². The highest BCUT2D eigenvalue weighted by Crippen LogP contribution is 2.41. The second-order valence-electron chi connectivity index (χ2n) is 4.24. The van der Waals surface area contributed by atoms with E-state index in [4.69, 9.17) is 4.74 Å². The Balaban J connectivity index is 2.16. The average Bonchev–Trinajstić information content (AvgIpc) is 2.76. The Bertz CT molecular complexity index is 561. The highest BCUT2D eigenvalue weighted by molar-refractivity contribution is 5.72. The first kappa shape index (κ1) is 10.2. The maximum atomic E-state index is 10.3. The quantitative estimate of drug-likeness (QED) is 0.816. The molecule has 4 heteroatoms. The van der Waals surface area contributed by atoms with Crippen molar-refractivity contribution in [3.05, 3.63) is 30.0 Å². The molecule has 88 valence electrons. The van der Waals surface area contributed by atoms with Crippen LogP contribution in [-0.2, 0) is 13.5 Å². The maximum absolute atomic E-state index is 10.3. The van der Waals surface area contributed by atoms with Gasteiger partial charge in [-0.05, 0) is 30.5 Å². The molecule has 0 bridgehead atoms. The molecule has 0 unspecified atom stereocenters. The number of phenols is 1. The minimum absolute atomic E-state index is 0.228. The molecule has 0 fully saturated rings. The van der Waals surface area contributed by atoms with Crippen molar-refractivity contribution in [3.8, 4) is 22.8 Å². The van der Waals surface area contributed by atoms with Crippen LogP contribution in [0.2, 0.25) is 0 Å². The van der Waals surface area contributed by atoms with E-state index < -0.39 is 0 Å². The van der Waals surface area contributed by atoms with Gasteiger partial charge in [-0.25, -0.2) is 0 Å². The summed E-state index contributed by atoms with van der Waals surface area (Å²) in [6.07, 6.45) is 3.70. The molecule has 1 aromatic carbocycles. The van der Waals surface area contributed by atoms with E-state index in [0.29, 0.717) is 12.4 Å². The highest BCUT2D eigenvalue weighted by atomic mass is 16.5. The van der Waals surface area contributed by atoms with Crippen LogP contribution in [0.1, 0.15) is 12.0 Å². The molecule has 0 radical (unpaired) electrons. The van der Waals surface area contributed by atoms with E-state index >= 15 is 0 Å². The van der Waals surface area contributed by atoms with E-state index in [0.717, 1.165) is 29.7 Å². The molecule has 0 saturated heterocycles. The van der Waals surface area contributed by atoms with Crippen molar-refractivity contribution in [2.75, 3.05) is 6.61 Å². The Morgan fingerprint density at radius 2 is 2.24 bits per heavy atom. The summed E-state index contributed by atoms with van der Waals surface area (Å²) >= 11 is 0. The number of hydrogen-bond acceptors (Lipinski definition) is 3. The normalized spacial score (nSPS) is 14.2. The van der Waals surface area contributed by atoms with Crippen LogP contribution >= 0.6 is 0 Å². The molecule has 0 saturated carbocycles. The lowest BCUT2D eigenvalue weighted by Gasteiger charge is -2.19. The molecule has 3 rings (SSSR count). The molecule has 1 N–H and O–H groups in total. The van der Waals surface area contributed by atoms with E-state index in [1.807, 2.05) is 25.2 Å². The molecular formula is C13H14N2O2. The Kier molecular flexibility index (Phi) is 2.28. The fourth-order valence-electron chi connectivity index (χ4n) is 2.25. The van der Waals surface area contributed by atoms with Gasteiger partial charge in [0.15, 0.2) is 11.5 Å². The monoisotopic (exact) mass is 230 g/mol. The first-order valence-corrected chi connectivity index (χ1v) is 5.73. The van der Waals surface area contributed by atoms with Crippen molar-refractivity contribution in [2.24, 2.45) is 7.05 Å².